The van der Waals surface area contributed by atoms with Gasteiger partial charge in [-0.15, -0.1) is 0 Å². The van der Waals surface area contributed by atoms with Crippen LogP contribution in [0.3, 0.4) is 0 Å². The van der Waals surface area contributed by atoms with Crippen LogP contribution in [0.1, 0.15) is 145 Å². The fourth-order valence-corrected chi connectivity index (χ4v) is 8.06. The van der Waals surface area contributed by atoms with Crippen LogP contribution in [-0.4, -0.2) is 214 Å². The predicted octanol–water partition coefficient (Wildman–Crippen LogP) is -2.43. The number of hydrogen-bond donors (Lipinski definition) is 14. The van der Waals surface area contributed by atoms with Crippen molar-refractivity contribution >= 4 is 76.9 Å². The van der Waals surface area contributed by atoms with Crippen molar-refractivity contribution in [2.75, 3.05) is 59.0 Å². The van der Waals surface area contributed by atoms with Crippen LogP contribution in [-0.2, 0) is 67.1 Å². The van der Waals surface area contributed by atoms with E-state index in [2.05, 4.69) is 60.1 Å². The summed E-state index contributed by atoms with van der Waals surface area (Å²) in [6.07, 6.45) is 7.12. The lowest BCUT2D eigenvalue weighted by Crippen LogP contribution is -2.59. The number of carbonyl (C=O) groups is 13. The second-order valence-electron chi connectivity index (χ2n) is 20.6. The van der Waals surface area contributed by atoms with Gasteiger partial charge in [-0.3, -0.25) is 78.0 Å². The van der Waals surface area contributed by atoms with Gasteiger partial charge in [0.15, 0.2) is 0 Å². The highest BCUT2D eigenvalue weighted by Gasteiger charge is 2.33. The molecule has 1 rings (SSSR count). The molecule has 1 heterocycles. The second-order valence-corrected chi connectivity index (χ2v) is 20.6. The van der Waals surface area contributed by atoms with Crippen LogP contribution in [0.4, 0.5) is 0 Å². The third-order valence-electron chi connectivity index (χ3n) is 13.2. The largest absolute Gasteiger partial charge is 0.462 e. The maximum atomic E-state index is 14.1. The van der Waals surface area contributed by atoms with Gasteiger partial charge in [-0.2, -0.15) is 0 Å². The first kappa shape index (κ1) is 75.7. The van der Waals surface area contributed by atoms with Crippen molar-refractivity contribution in [3.05, 3.63) is 12.2 Å². The summed E-state index contributed by atoms with van der Waals surface area (Å²) >= 11 is 0. The first-order valence-corrected chi connectivity index (χ1v) is 29.1. The second kappa shape index (κ2) is 42.5. The number of hydroxylamine groups is 6. The van der Waals surface area contributed by atoms with Crippen LogP contribution in [0.2, 0.25) is 0 Å². The lowest BCUT2D eigenvalue weighted by atomic mass is 10.0. The van der Waals surface area contributed by atoms with E-state index >= 15 is 0 Å². The lowest BCUT2D eigenvalue weighted by Gasteiger charge is -2.27. The van der Waals surface area contributed by atoms with E-state index in [1.165, 1.54) is 27.7 Å². The number of carbonyl (C=O) groups excluding carboxylic acids is 13. The summed E-state index contributed by atoms with van der Waals surface area (Å²) in [5.41, 5.74) is 0. The van der Waals surface area contributed by atoms with Crippen molar-refractivity contribution in [2.45, 2.75) is 187 Å². The molecule has 14 N–H and O–H groups in total. The summed E-state index contributed by atoms with van der Waals surface area (Å²) in [5.74, 6) is -11.8. The Morgan fingerprint density at radius 1 is 0.588 bits per heavy atom. The number of esters is 1. The number of cyclic esters (lactones) is 1. The molecule has 0 aromatic heterocycles. The molecule has 0 unspecified atom stereocenters. The molecule has 7 atom stereocenters. The fourth-order valence-electron chi connectivity index (χ4n) is 8.06. The Bertz CT molecular complexity index is 2240. The average molecular weight is 1210 g/mol. The fraction of sp³-hybridized carbons (Fsp3) is 0.722. The molecule has 0 aliphatic carbocycles. The van der Waals surface area contributed by atoms with Crippen molar-refractivity contribution in [1.29, 1.82) is 0 Å². The molecule has 1 saturated heterocycles. The molecule has 0 aromatic carbocycles. The zero-order valence-electron chi connectivity index (χ0n) is 50.1. The van der Waals surface area contributed by atoms with Crippen LogP contribution in [0.5, 0.6) is 0 Å². The van der Waals surface area contributed by atoms with Gasteiger partial charge in [-0.25, -0.2) is 15.2 Å². The number of allylic oxidation sites excluding steroid dienone is 1. The Hall–Kier alpha value is -7.35. The van der Waals surface area contributed by atoms with Crippen LogP contribution in [0.15, 0.2) is 12.2 Å². The summed E-state index contributed by atoms with van der Waals surface area (Å²) in [4.78, 5) is 172. The van der Waals surface area contributed by atoms with E-state index < -0.39 is 158 Å². The first-order valence-electron chi connectivity index (χ1n) is 29.1. The average Bonchev–Trinajstić information content (AvgIpc) is 3.68. The van der Waals surface area contributed by atoms with Gasteiger partial charge in [0.2, 0.25) is 70.9 Å². The highest BCUT2D eigenvalue weighted by Crippen LogP contribution is 2.09. The van der Waals surface area contributed by atoms with E-state index in [0.717, 1.165) is 25.7 Å². The first-order chi connectivity index (χ1) is 40.3. The van der Waals surface area contributed by atoms with E-state index in [1.807, 2.05) is 0 Å². The minimum Gasteiger partial charge on any atom is -0.462 e. The Morgan fingerprint density at radius 3 is 1.62 bits per heavy atom. The van der Waals surface area contributed by atoms with Crippen molar-refractivity contribution < 1.29 is 87.8 Å². The summed E-state index contributed by atoms with van der Waals surface area (Å²) in [5, 5.41) is 67.1. The molecule has 1 aliphatic heterocycles. The van der Waals surface area contributed by atoms with Gasteiger partial charge in [0.05, 0.1) is 25.7 Å². The third-order valence-corrected chi connectivity index (χ3v) is 13.2. The Balaban J connectivity index is 3.78. The molecular weight excluding hydrogens is 1120 g/mol. The number of ether oxygens (including phenoxy) is 1. The van der Waals surface area contributed by atoms with Gasteiger partial charge in [0.25, 0.3) is 0 Å². The Labute approximate surface area is 495 Å². The van der Waals surface area contributed by atoms with Crippen molar-refractivity contribution in [2.24, 2.45) is 5.92 Å². The van der Waals surface area contributed by atoms with Gasteiger partial charge in [-0.1, -0.05) is 73.0 Å². The van der Waals surface area contributed by atoms with E-state index in [4.69, 9.17) is 4.74 Å². The monoisotopic (exact) mass is 1210 g/mol. The highest BCUT2D eigenvalue weighted by molar-refractivity contribution is 5.96. The molecule has 0 spiro atoms. The molecule has 31 nitrogen and oxygen atoms in total. The summed E-state index contributed by atoms with van der Waals surface area (Å²) in [6, 6.07) is -9.66. The number of aliphatic hydroxyl groups is 1. The summed E-state index contributed by atoms with van der Waals surface area (Å²) in [7, 11) is 0. The number of aliphatic hydroxyl groups excluding tert-OH is 1. The maximum absolute atomic E-state index is 14.1. The van der Waals surface area contributed by atoms with Gasteiger partial charge in [-0.05, 0) is 64.2 Å². The molecule has 0 saturated carbocycles. The SMILES string of the molecule is CCCCCC/C=C\CC(=O)N[C@H]1COC(=O)CNC(=O)[C@@H](CCCN(O)C(=O)CC)NC(=O)CNC(=O)[C@H](C)NC[C@H](CCCN(O)C(=O)CC)NC(=O)[C@H](CO)NC(=O)[C@@H](C(C)C)NC(=O)CNC(=O)[C@@H](CCCN(O)C(=O)CC)NC1=O. The molecule has 12 amide bonds. The molecule has 85 heavy (non-hydrogen) atoms. The smallest absolute Gasteiger partial charge is 0.325 e. The maximum Gasteiger partial charge on any atom is 0.325 e. The predicted molar refractivity (Wildman–Crippen MR) is 303 cm³/mol. The van der Waals surface area contributed by atoms with Gasteiger partial charge < -0.3 is 63.0 Å². The van der Waals surface area contributed by atoms with E-state index in [0.29, 0.717) is 21.6 Å². The number of amides is 12. The lowest BCUT2D eigenvalue weighted by molar-refractivity contribution is -0.165. The zero-order chi connectivity index (χ0) is 64.0. The molecule has 1 fully saturated rings. The highest BCUT2D eigenvalue weighted by atomic mass is 16.5. The van der Waals surface area contributed by atoms with Crippen molar-refractivity contribution in [1.82, 2.24) is 68.4 Å². The number of rotatable bonds is 25. The van der Waals surface area contributed by atoms with Gasteiger partial charge in [0.1, 0.15) is 43.4 Å². The summed E-state index contributed by atoms with van der Waals surface area (Å²) < 4.78 is 5.33. The Morgan fingerprint density at radius 2 is 1.09 bits per heavy atom. The number of nitrogens with zero attached hydrogens (tertiary/aromatic N) is 3. The minimum atomic E-state index is -1.70. The quantitative estimate of drug-likeness (QED) is 0.0149. The van der Waals surface area contributed by atoms with Gasteiger partial charge in [0, 0.05) is 57.9 Å². The van der Waals surface area contributed by atoms with Crippen LogP contribution in [0.25, 0.3) is 0 Å². The Kier molecular flexibility index (Phi) is 37.8. The minimum absolute atomic E-state index is 0.00206. The molecule has 482 valence electrons. The van der Waals surface area contributed by atoms with Crippen molar-refractivity contribution in [3.8, 4) is 0 Å². The van der Waals surface area contributed by atoms with Crippen LogP contribution < -0.4 is 53.2 Å². The standard InChI is InChI=1S/C54H93N13O18/c1-8-12-13-14-15-16-17-24-41(69)61-40-33-85-47(75)31-58-50(77)37(22-19-26-66(83)45(73)10-3)60-42(70)29-56-49(76)35(7)55-28-36(21-18-25-65(82)44(72)9-2)59-52(79)39(32-68)63-54(81)48(34(5)6)64-43(71)30-57-51(78)38(62-53(40)80)23-20-27-67(84)46(74)11-4/h16-17,34-40,48,55,68,82-84H,8-15,18-33H2,1-7H3,(H,56,76)(H,57,78)(H,58,77)(H,59,79)(H,60,70)(H,61,69)(H,62,80)(H,63,81)(H,64,71)/b17-16-/t35-,36-,37+,38+,39-,40-,48+/m0/s1. The molecule has 1 aliphatic rings. The third kappa shape index (κ3) is 31.4. The molecule has 0 aromatic rings. The molecular formula is C54H93N13O18. The topological polar surface area (TPSA) is 442 Å². The number of unbranched alkanes of at least 4 members (excludes halogenated alkanes) is 4. The van der Waals surface area contributed by atoms with Crippen LogP contribution in [0, 0.1) is 5.92 Å². The molecule has 0 radical (unpaired) electrons. The van der Waals surface area contributed by atoms with E-state index in [9.17, 15) is 83.1 Å². The van der Waals surface area contributed by atoms with Crippen molar-refractivity contribution in [3.63, 3.8) is 0 Å². The van der Waals surface area contributed by atoms with Crippen LogP contribution >= 0.6 is 0 Å². The van der Waals surface area contributed by atoms with E-state index in [-0.39, 0.29) is 90.4 Å². The zero-order valence-corrected chi connectivity index (χ0v) is 50.1. The normalized spacial score (nSPS) is 21.7. The number of hydrogen-bond acceptors (Lipinski definition) is 19. The summed E-state index contributed by atoms with van der Waals surface area (Å²) in [6.45, 7) is 6.07. The molecule has 0 bridgehead atoms. The van der Waals surface area contributed by atoms with E-state index in [1.54, 1.807) is 26.0 Å². The van der Waals surface area contributed by atoms with Gasteiger partial charge >= 0.3 is 5.97 Å². The number of nitrogens with one attached hydrogen (secondary N) is 10. The molecule has 31 heteroatoms.